The van der Waals surface area contributed by atoms with Crippen LogP contribution in [0.15, 0.2) is 42.6 Å². The van der Waals surface area contributed by atoms with Crippen LogP contribution in [0.4, 0.5) is 0 Å². The Kier molecular flexibility index (Phi) is 3.74. The van der Waals surface area contributed by atoms with E-state index < -0.39 is 0 Å². The summed E-state index contributed by atoms with van der Waals surface area (Å²) < 4.78 is 5.71. The minimum absolute atomic E-state index is 0.0499. The van der Waals surface area contributed by atoms with Crippen LogP contribution in [0.1, 0.15) is 32.0 Å². The predicted octanol–water partition coefficient (Wildman–Crippen LogP) is 3.46. The summed E-state index contributed by atoms with van der Waals surface area (Å²) in [6, 6.07) is 11.4. The number of hydrogen-bond donors (Lipinski definition) is 2. The lowest BCUT2D eigenvalue weighted by molar-refractivity contribution is 0.479. The molecule has 0 fully saturated rings. The Balaban J connectivity index is 2.12. The summed E-state index contributed by atoms with van der Waals surface area (Å²) >= 11 is 0. The van der Waals surface area contributed by atoms with Gasteiger partial charge in [0.05, 0.1) is 6.20 Å². The lowest BCUT2D eigenvalue weighted by Crippen LogP contribution is -2.12. The first-order chi connectivity index (χ1) is 9.36. The number of nitrogens with two attached hydrogens (primary N) is 1. The quantitative estimate of drug-likeness (QED) is 0.662. The summed E-state index contributed by atoms with van der Waals surface area (Å²) in [4.78, 5) is 4.06. The Morgan fingerprint density at radius 1 is 1.05 bits per heavy atom. The van der Waals surface area contributed by atoms with Gasteiger partial charge in [0.2, 0.25) is 0 Å². The topological polar surface area (TPSA) is 72.0 Å². The lowest BCUT2D eigenvalue weighted by Gasteiger charge is -2.19. The van der Waals surface area contributed by atoms with Crippen molar-refractivity contribution in [1.82, 2.24) is 4.98 Å². The second kappa shape index (κ2) is 5.33. The highest BCUT2D eigenvalue weighted by atomic mass is 16.5. The number of aromatic nitrogens is 1. The highest BCUT2D eigenvalue weighted by Crippen LogP contribution is 2.26. The number of nitrogens with zero attached hydrogens (tertiary/aromatic N) is 1. The van der Waals surface area contributed by atoms with Gasteiger partial charge in [-0.2, -0.15) is 0 Å². The number of benzene rings is 1. The standard InChI is InChI=1S/C16H19N3O/c1-16(2,3)11-4-6-12(7-5-11)20-13-8-9-14(15(17)18)19-10-13/h4-10H,1-3H3,(H3,17,18). The molecule has 1 heterocycles. The van der Waals surface area contributed by atoms with Crippen molar-refractivity contribution in [2.75, 3.05) is 0 Å². The molecule has 2 rings (SSSR count). The monoisotopic (exact) mass is 269 g/mol. The van der Waals surface area contributed by atoms with E-state index in [1.54, 1.807) is 18.3 Å². The average Bonchev–Trinajstić information content (AvgIpc) is 2.39. The minimum atomic E-state index is -0.0499. The molecule has 0 aliphatic rings. The summed E-state index contributed by atoms with van der Waals surface area (Å²) in [5.41, 5.74) is 7.19. The van der Waals surface area contributed by atoms with Crippen molar-refractivity contribution in [3.8, 4) is 11.5 Å². The van der Waals surface area contributed by atoms with Crippen LogP contribution in [0.2, 0.25) is 0 Å². The first kappa shape index (κ1) is 14.1. The van der Waals surface area contributed by atoms with Crippen LogP contribution >= 0.6 is 0 Å². The van der Waals surface area contributed by atoms with E-state index in [1.807, 2.05) is 12.1 Å². The van der Waals surface area contributed by atoms with Crippen LogP contribution in [0.5, 0.6) is 11.5 Å². The molecule has 0 saturated carbocycles. The molecule has 20 heavy (non-hydrogen) atoms. The SMILES string of the molecule is CC(C)(C)c1ccc(Oc2ccc(C(=N)N)nc2)cc1. The zero-order valence-corrected chi connectivity index (χ0v) is 12.0. The number of nitrogens with one attached hydrogen (secondary N) is 1. The maximum absolute atomic E-state index is 7.28. The zero-order valence-electron chi connectivity index (χ0n) is 12.0. The maximum Gasteiger partial charge on any atom is 0.145 e. The van der Waals surface area contributed by atoms with Crippen LogP contribution in [0, 0.1) is 5.41 Å². The fourth-order valence-corrected chi connectivity index (χ4v) is 1.76. The Morgan fingerprint density at radius 2 is 1.65 bits per heavy atom. The van der Waals surface area contributed by atoms with Gasteiger partial charge in [0.1, 0.15) is 23.0 Å². The summed E-state index contributed by atoms with van der Waals surface area (Å²) in [6.45, 7) is 6.52. The van der Waals surface area contributed by atoms with Gasteiger partial charge in [-0.1, -0.05) is 32.9 Å². The van der Waals surface area contributed by atoms with Gasteiger partial charge in [0, 0.05) is 0 Å². The van der Waals surface area contributed by atoms with E-state index in [9.17, 15) is 0 Å². The molecule has 2 aromatic rings. The fourth-order valence-electron chi connectivity index (χ4n) is 1.76. The van der Waals surface area contributed by atoms with E-state index >= 15 is 0 Å². The van der Waals surface area contributed by atoms with Crippen molar-refractivity contribution in [3.63, 3.8) is 0 Å². The predicted molar refractivity (Wildman–Crippen MR) is 80.5 cm³/mol. The Hall–Kier alpha value is -2.36. The number of ether oxygens (including phenoxy) is 1. The fraction of sp³-hybridized carbons (Fsp3) is 0.250. The van der Waals surface area contributed by atoms with Gasteiger partial charge in [0.15, 0.2) is 0 Å². The summed E-state index contributed by atoms with van der Waals surface area (Å²) in [5, 5.41) is 7.28. The van der Waals surface area contributed by atoms with Gasteiger partial charge in [-0.15, -0.1) is 0 Å². The van der Waals surface area contributed by atoms with Gasteiger partial charge >= 0.3 is 0 Å². The molecule has 0 unspecified atom stereocenters. The Labute approximate surface area is 119 Å². The molecule has 1 aromatic carbocycles. The van der Waals surface area contributed by atoms with Gasteiger partial charge in [-0.05, 0) is 35.2 Å². The van der Waals surface area contributed by atoms with E-state index in [-0.39, 0.29) is 11.3 Å². The van der Waals surface area contributed by atoms with E-state index in [0.29, 0.717) is 11.4 Å². The van der Waals surface area contributed by atoms with Crippen molar-refractivity contribution in [3.05, 3.63) is 53.9 Å². The third-order valence-electron chi connectivity index (χ3n) is 2.97. The number of amidine groups is 1. The molecule has 0 radical (unpaired) electrons. The second-order valence-corrected chi connectivity index (χ2v) is 5.67. The summed E-state index contributed by atoms with van der Waals surface area (Å²) in [7, 11) is 0. The summed E-state index contributed by atoms with van der Waals surface area (Å²) in [5.74, 6) is 1.33. The molecule has 0 saturated heterocycles. The lowest BCUT2D eigenvalue weighted by atomic mass is 9.87. The van der Waals surface area contributed by atoms with E-state index in [4.69, 9.17) is 15.9 Å². The van der Waals surface area contributed by atoms with Crippen molar-refractivity contribution in [2.45, 2.75) is 26.2 Å². The van der Waals surface area contributed by atoms with Crippen LogP contribution in [0.3, 0.4) is 0 Å². The molecule has 104 valence electrons. The third-order valence-corrected chi connectivity index (χ3v) is 2.97. The molecule has 1 aromatic heterocycles. The van der Waals surface area contributed by atoms with Crippen molar-refractivity contribution in [1.29, 1.82) is 5.41 Å². The van der Waals surface area contributed by atoms with Gasteiger partial charge in [-0.25, -0.2) is 4.98 Å². The first-order valence-corrected chi connectivity index (χ1v) is 6.45. The third kappa shape index (κ3) is 3.35. The molecular formula is C16H19N3O. The number of rotatable bonds is 3. The van der Waals surface area contributed by atoms with Gasteiger partial charge in [0.25, 0.3) is 0 Å². The van der Waals surface area contributed by atoms with Crippen LogP contribution in [0.25, 0.3) is 0 Å². The number of nitrogen functional groups attached to an aromatic ring is 1. The molecular weight excluding hydrogens is 250 g/mol. The zero-order chi connectivity index (χ0) is 14.8. The molecule has 0 bridgehead atoms. The number of pyridine rings is 1. The molecule has 0 atom stereocenters. The highest BCUT2D eigenvalue weighted by molar-refractivity contribution is 5.92. The maximum atomic E-state index is 7.28. The van der Waals surface area contributed by atoms with E-state index in [1.165, 1.54) is 5.56 Å². The van der Waals surface area contributed by atoms with Crippen LogP contribution in [-0.2, 0) is 5.41 Å². The van der Waals surface area contributed by atoms with E-state index in [0.717, 1.165) is 5.75 Å². The second-order valence-electron chi connectivity index (χ2n) is 5.67. The van der Waals surface area contributed by atoms with Crippen LogP contribution in [-0.4, -0.2) is 10.8 Å². The molecule has 4 nitrogen and oxygen atoms in total. The minimum Gasteiger partial charge on any atom is -0.456 e. The molecule has 0 aliphatic carbocycles. The molecule has 0 spiro atoms. The average molecular weight is 269 g/mol. The van der Waals surface area contributed by atoms with Crippen molar-refractivity contribution in [2.24, 2.45) is 5.73 Å². The normalized spacial score (nSPS) is 11.2. The summed E-state index contributed by atoms with van der Waals surface area (Å²) in [6.07, 6.45) is 1.56. The Bertz CT molecular complexity index is 595. The van der Waals surface area contributed by atoms with Gasteiger partial charge in [-0.3, -0.25) is 5.41 Å². The van der Waals surface area contributed by atoms with Gasteiger partial charge < -0.3 is 10.5 Å². The molecule has 4 heteroatoms. The molecule has 3 N–H and O–H groups in total. The van der Waals surface area contributed by atoms with Crippen LogP contribution < -0.4 is 10.5 Å². The molecule has 0 aliphatic heterocycles. The number of hydrogen-bond acceptors (Lipinski definition) is 3. The molecule has 0 amide bonds. The smallest absolute Gasteiger partial charge is 0.145 e. The van der Waals surface area contributed by atoms with E-state index in [2.05, 4.69) is 37.9 Å². The van der Waals surface area contributed by atoms with Crippen molar-refractivity contribution >= 4 is 5.84 Å². The largest absolute Gasteiger partial charge is 0.456 e. The first-order valence-electron chi connectivity index (χ1n) is 6.45. The Morgan fingerprint density at radius 3 is 2.10 bits per heavy atom. The van der Waals surface area contributed by atoms with Crippen molar-refractivity contribution < 1.29 is 4.74 Å². The highest BCUT2D eigenvalue weighted by Gasteiger charge is 2.13.